The van der Waals surface area contributed by atoms with Crippen LogP contribution in [0.25, 0.3) is 0 Å². The van der Waals surface area contributed by atoms with Crippen LogP contribution in [-0.2, 0) is 32.7 Å². The second-order valence-corrected chi connectivity index (χ2v) is 27.7. The maximum absolute atomic E-state index is 12.8. The van der Waals surface area contributed by atoms with E-state index in [-0.39, 0.29) is 38.6 Å². The molecule has 3 N–H and O–H groups in total. The Balaban J connectivity index is 3.79. The molecule has 0 radical (unpaired) electrons. The number of phosphoric ester groups is 1. The van der Waals surface area contributed by atoms with Crippen LogP contribution in [0.2, 0.25) is 0 Å². The Morgan fingerprint density at radius 3 is 0.911 bits per heavy atom. The lowest BCUT2D eigenvalue weighted by Gasteiger charge is -2.19. The first-order valence-electron chi connectivity index (χ1n) is 38.9. The Bertz CT molecular complexity index is 1710. The summed E-state index contributed by atoms with van der Waals surface area (Å²) in [4.78, 5) is 35.4. The van der Waals surface area contributed by atoms with Gasteiger partial charge in [0.2, 0.25) is 0 Å². The van der Waals surface area contributed by atoms with E-state index in [1.807, 2.05) is 0 Å². The van der Waals surface area contributed by atoms with E-state index in [0.717, 1.165) is 77.0 Å². The lowest BCUT2D eigenvalue weighted by Crippen LogP contribution is -2.29. The van der Waals surface area contributed by atoms with Crippen molar-refractivity contribution in [3.05, 3.63) is 72.9 Å². The molecule has 0 saturated heterocycles. The average Bonchev–Trinajstić information content (AvgIpc) is 3.75. The van der Waals surface area contributed by atoms with Crippen LogP contribution in [0.15, 0.2) is 72.9 Å². The van der Waals surface area contributed by atoms with Crippen LogP contribution in [-0.4, -0.2) is 49.3 Å². The molecule has 0 aromatic rings. The van der Waals surface area contributed by atoms with Crippen molar-refractivity contribution < 1.29 is 37.6 Å². The van der Waals surface area contributed by atoms with Gasteiger partial charge in [-0.15, -0.1) is 0 Å². The second kappa shape index (κ2) is 75.5. The van der Waals surface area contributed by atoms with Crippen LogP contribution >= 0.6 is 7.82 Å². The summed E-state index contributed by atoms with van der Waals surface area (Å²) in [6.07, 6.45) is 100. The normalized spacial score (nSPS) is 13.2. The van der Waals surface area contributed by atoms with Crippen molar-refractivity contribution in [3.8, 4) is 0 Å². The standard InChI is InChI=1S/C80H148NO8P/c1-3-5-7-9-11-13-15-17-19-21-23-25-27-29-31-33-35-37-38-39-40-41-43-45-47-49-51-53-55-57-59-61-63-65-67-69-71-73-80(83)89-78(77-88-90(84,85)87-75-74-81)76-86-79(82)72-70-68-66-64-62-60-58-56-54-52-50-48-46-44-42-36-34-32-30-28-26-24-22-20-18-16-14-12-10-8-6-4-2/h5,7,11,13,17,19,23,25,29,31,35,37,78H,3-4,6,8-10,12,14-16,18,20-22,24,26-28,30,32-34,36,38-77,81H2,1-2H3,(H,84,85)/b7-5-,13-11-,19-17-,25-23-,31-29-,37-35-. The number of hydrogen-bond donors (Lipinski definition) is 2. The van der Waals surface area contributed by atoms with Gasteiger partial charge in [0.15, 0.2) is 6.10 Å². The van der Waals surface area contributed by atoms with E-state index >= 15 is 0 Å². The van der Waals surface area contributed by atoms with Crippen LogP contribution in [0.3, 0.4) is 0 Å². The first-order chi connectivity index (χ1) is 44.3. The Labute approximate surface area is 558 Å². The molecule has 0 spiro atoms. The molecule has 0 rings (SSSR count). The van der Waals surface area contributed by atoms with E-state index in [2.05, 4.69) is 86.8 Å². The molecule has 0 fully saturated rings. The largest absolute Gasteiger partial charge is 0.472 e. The lowest BCUT2D eigenvalue weighted by atomic mass is 10.0. The molecule has 0 bridgehead atoms. The fourth-order valence-corrected chi connectivity index (χ4v) is 12.4. The third-order valence-electron chi connectivity index (χ3n) is 17.4. The third kappa shape index (κ3) is 74.5. The summed E-state index contributed by atoms with van der Waals surface area (Å²) in [5, 5.41) is 0. The van der Waals surface area contributed by atoms with E-state index in [1.165, 1.54) is 283 Å². The van der Waals surface area contributed by atoms with Gasteiger partial charge in [-0.1, -0.05) is 389 Å². The number of nitrogens with two attached hydrogens (primary N) is 1. The summed E-state index contributed by atoms with van der Waals surface area (Å²) in [7, 11) is -4.40. The minimum atomic E-state index is -4.40. The van der Waals surface area contributed by atoms with Gasteiger partial charge in [-0.25, -0.2) is 4.57 Å². The van der Waals surface area contributed by atoms with Gasteiger partial charge in [0, 0.05) is 19.4 Å². The van der Waals surface area contributed by atoms with Gasteiger partial charge in [-0.3, -0.25) is 18.6 Å². The number of carbonyl (C=O) groups is 2. The number of allylic oxidation sites excluding steroid dienone is 12. The lowest BCUT2D eigenvalue weighted by molar-refractivity contribution is -0.161. The molecule has 0 saturated carbocycles. The van der Waals surface area contributed by atoms with Gasteiger partial charge >= 0.3 is 19.8 Å². The van der Waals surface area contributed by atoms with Crippen LogP contribution in [0.5, 0.6) is 0 Å². The Hall–Kier alpha value is -2.55. The number of unbranched alkanes of at least 4 members (excludes halogenated alkanes) is 49. The number of carbonyl (C=O) groups excluding carboxylic acids is 2. The molecule has 0 heterocycles. The molecule has 90 heavy (non-hydrogen) atoms. The molecule has 0 aromatic heterocycles. The Morgan fingerprint density at radius 1 is 0.344 bits per heavy atom. The molecule has 2 atom stereocenters. The number of hydrogen-bond acceptors (Lipinski definition) is 8. The number of phosphoric acid groups is 1. The predicted molar refractivity (Wildman–Crippen MR) is 390 cm³/mol. The molecule has 10 heteroatoms. The number of esters is 2. The summed E-state index contributed by atoms with van der Waals surface area (Å²) in [6, 6.07) is 0. The summed E-state index contributed by atoms with van der Waals surface area (Å²) in [5.74, 6) is -0.806. The zero-order valence-corrected chi connectivity index (χ0v) is 60.3. The quantitative estimate of drug-likeness (QED) is 0.0264. The minimum absolute atomic E-state index is 0.0546. The molecular weight excluding hydrogens is 1130 g/mol. The molecular formula is C80H148NO8P. The molecule has 9 nitrogen and oxygen atoms in total. The molecule has 0 amide bonds. The second-order valence-electron chi connectivity index (χ2n) is 26.2. The topological polar surface area (TPSA) is 134 Å². The monoisotopic (exact) mass is 1280 g/mol. The van der Waals surface area contributed by atoms with E-state index in [1.54, 1.807) is 0 Å². The predicted octanol–water partition coefficient (Wildman–Crippen LogP) is 25.9. The van der Waals surface area contributed by atoms with Crippen molar-refractivity contribution in [1.82, 2.24) is 0 Å². The van der Waals surface area contributed by atoms with Gasteiger partial charge in [0.25, 0.3) is 0 Å². The SMILES string of the molecule is CC/C=C\C/C=C\C/C=C\C/C=C\C/C=C\C/C=C\CCCCCCCCCCCCCCCCCCCCC(=O)OC(COC(=O)CCCCCCCCCCCCCCCCCCCCCCCCCCCCCCCCCC)COP(=O)(O)OCCN. The van der Waals surface area contributed by atoms with Gasteiger partial charge in [-0.2, -0.15) is 0 Å². The summed E-state index contributed by atoms with van der Waals surface area (Å²) >= 11 is 0. The minimum Gasteiger partial charge on any atom is -0.462 e. The van der Waals surface area contributed by atoms with Crippen molar-refractivity contribution in [1.29, 1.82) is 0 Å². The number of rotatable bonds is 74. The van der Waals surface area contributed by atoms with E-state index in [9.17, 15) is 19.0 Å². The van der Waals surface area contributed by atoms with E-state index in [4.69, 9.17) is 24.3 Å². The Kier molecular flexibility index (Phi) is 73.3. The van der Waals surface area contributed by atoms with Crippen molar-refractivity contribution in [2.75, 3.05) is 26.4 Å². The third-order valence-corrected chi connectivity index (χ3v) is 18.3. The molecule has 0 aliphatic rings. The zero-order chi connectivity index (χ0) is 65.1. The van der Waals surface area contributed by atoms with Crippen LogP contribution in [0.4, 0.5) is 0 Å². The molecule has 0 aliphatic carbocycles. The van der Waals surface area contributed by atoms with Gasteiger partial charge < -0.3 is 20.1 Å². The maximum atomic E-state index is 12.8. The highest BCUT2D eigenvalue weighted by Crippen LogP contribution is 2.43. The summed E-state index contributed by atoms with van der Waals surface area (Å²) < 4.78 is 33.3. The highest BCUT2D eigenvalue weighted by Gasteiger charge is 2.26. The van der Waals surface area contributed by atoms with Gasteiger partial charge in [-0.05, 0) is 64.2 Å². The zero-order valence-electron chi connectivity index (χ0n) is 59.4. The van der Waals surface area contributed by atoms with Crippen molar-refractivity contribution in [3.63, 3.8) is 0 Å². The van der Waals surface area contributed by atoms with Crippen molar-refractivity contribution in [2.45, 2.75) is 399 Å². The smallest absolute Gasteiger partial charge is 0.462 e. The van der Waals surface area contributed by atoms with Crippen LogP contribution in [0.1, 0.15) is 393 Å². The van der Waals surface area contributed by atoms with Crippen molar-refractivity contribution >= 4 is 19.8 Å². The molecule has 526 valence electrons. The van der Waals surface area contributed by atoms with Gasteiger partial charge in [0.05, 0.1) is 13.2 Å². The number of ether oxygens (including phenoxy) is 2. The van der Waals surface area contributed by atoms with Gasteiger partial charge in [0.1, 0.15) is 6.61 Å². The highest BCUT2D eigenvalue weighted by atomic mass is 31.2. The fraction of sp³-hybridized carbons (Fsp3) is 0.825. The first-order valence-corrected chi connectivity index (χ1v) is 40.4. The Morgan fingerprint density at radius 2 is 0.611 bits per heavy atom. The molecule has 0 aliphatic heterocycles. The maximum Gasteiger partial charge on any atom is 0.472 e. The van der Waals surface area contributed by atoms with Crippen molar-refractivity contribution in [2.24, 2.45) is 5.73 Å². The molecule has 2 unspecified atom stereocenters. The van der Waals surface area contributed by atoms with Crippen LogP contribution < -0.4 is 5.73 Å². The van der Waals surface area contributed by atoms with E-state index in [0.29, 0.717) is 6.42 Å². The van der Waals surface area contributed by atoms with Crippen LogP contribution in [0, 0.1) is 0 Å². The summed E-state index contributed by atoms with van der Waals surface area (Å²) in [5.41, 5.74) is 5.41. The average molecular weight is 1280 g/mol. The first kappa shape index (κ1) is 87.5. The van der Waals surface area contributed by atoms with E-state index < -0.39 is 26.5 Å². The fourth-order valence-electron chi connectivity index (χ4n) is 11.6. The highest BCUT2D eigenvalue weighted by molar-refractivity contribution is 7.47. The summed E-state index contributed by atoms with van der Waals surface area (Å²) in [6.45, 7) is 3.70. The molecule has 0 aromatic carbocycles.